The lowest BCUT2D eigenvalue weighted by Crippen LogP contribution is -2.32. The average molecular weight is 562 g/mol. The number of ether oxygens (including phenoxy) is 1. The first kappa shape index (κ1) is 34.1. The Balaban J connectivity index is 0.000000383. The third kappa shape index (κ3) is 13.3. The van der Waals surface area contributed by atoms with Gasteiger partial charge in [0.1, 0.15) is 11.5 Å². The van der Waals surface area contributed by atoms with Crippen LogP contribution in [-0.4, -0.2) is 21.3 Å². The molecular formula is C34H47N3O2S. The second kappa shape index (κ2) is 18.4. The SMILES string of the molecule is C=CN(Cc1ccccc1)N/C(=C/C(C)C(=C)N)CCC.C=S(C)(=O)c1cccc(Oc2ccccc2)c1.CC. The summed E-state index contributed by atoms with van der Waals surface area (Å²) in [7, 11) is -2.20. The van der Waals surface area contributed by atoms with E-state index in [0.717, 1.165) is 30.8 Å². The van der Waals surface area contributed by atoms with Gasteiger partial charge in [-0.1, -0.05) is 108 Å². The number of hydrogen-bond donors (Lipinski definition) is 2. The minimum atomic E-state index is -2.20. The summed E-state index contributed by atoms with van der Waals surface area (Å²) in [5.41, 5.74) is 12.2. The van der Waals surface area contributed by atoms with Gasteiger partial charge in [0, 0.05) is 34.7 Å². The Morgan fingerprint density at radius 3 is 2.12 bits per heavy atom. The van der Waals surface area contributed by atoms with Gasteiger partial charge in [0.25, 0.3) is 0 Å². The summed E-state index contributed by atoms with van der Waals surface area (Å²) in [6.07, 6.45) is 7.59. The van der Waals surface area contributed by atoms with E-state index in [1.54, 1.807) is 24.6 Å². The molecule has 0 saturated carbocycles. The molecule has 3 aromatic rings. The minimum absolute atomic E-state index is 0.155. The summed E-state index contributed by atoms with van der Waals surface area (Å²) in [5, 5.41) is 1.99. The van der Waals surface area contributed by atoms with Gasteiger partial charge < -0.3 is 15.9 Å². The van der Waals surface area contributed by atoms with E-state index in [9.17, 15) is 4.21 Å². The summed E-state index contributed by atoms with van der Waals surface area (Å²) in [4.78, 5) is 0.700. The van der Waals surface area contributed by atoms with Gasteiger partial charge >= 0.3 is 0 Å². The summed E-state index contributed by atoms with van der Waals surface area (Å²) in [6, 6.07) is 27.0. The van der Waals surface area contributed by atoms with Crippen molar-refractivity contribution in [3.05, 3.63) is 127 Å². The second-order valence-electron chi connectivity index (χ2n) is 9.11. The number of hydrogen-bond acceptors (Lipinski definition) is 5. The Hall–Kier alpha value is -3.90. The van der Waals surface area contributed by atoms with Crippen molar-refractivity contribution in [2.45, 2.75) is 52.0 Å². The van der Waals surface area contributed by atoms with Crippen molar-refractivity contribution >= 4 is 15.4 Å². The fourth-order valence-electron chi connectivity index (χ4n) is 3.40. The summed E-state index contributed by atoms with van der Waals surface area (Å²) in [6.45, 7) is 16.7. The van der Waals surface area contributed by atoms with Crippen LogP contribution in [0.2, 0.25) is 0 Å². The maximum Gasteiger partial charge on any atom is 0.128 e. The Bertz CT molecular complexity index is 1290. The number of rotatable bonds is 12. The van der Waals surface area contributed by atoms with E-state index in [2.05, 4.69) is 56.5 Å². The van der Waals surface area contributed by atoms with Crippen molar-refractivity contribution in [1.82, 2.24) is 10.4 Å². The zero-order valence-corrected chi connectivity index (χ0v) is 25.6. The van der Waals surface area contributed by atoms with Crippen LogP contribution in [0.15, 0.2) is 127 Å². The molecule has 3 rings (SSSR count). The quantitative estimate of drug-likeness (QED) is 0.173. The van der Waals surface area contributed by atoms with Crippen molar-refractivity contribution in [3.8, 4) is 11.5 Å². The van der Waals surface area contributed by atoms with Crippen LogP contribution in [0.5, 0.6) is 11.5 Å². The Morgan fingerprint density at radius 2 is 1.60 bits per heavy atom. The number of hydrazine groups is 1. The smallest absolute Gasteiger partial charge is 0.128 e. The molecule has 0 bridgehead atoms. The number of para-hydroxylation sites is 1. The zero-order valence-electron chi connectivity index (χ0n) is 24.8. The second-order valence-corrected chi connectivity index (χ2v) is 11.6. The molecule has 0 aromatic heterocycles. The maximum atomic E-state index is 11.8. The topological polar surface area (TPSA) is 67.6 Å². The highest BCUT2D eigenvalue weighted by Crippen LogP contribution is 2.23. The summed E-state index contributed by atoms with van der Waals surface area (Å²) in [5.74, 6) is 5.25. The molecule has 0 radical (unpaired) electrons. The van der Waals surface area contributed by atoms with Gasteiger partial charge in [-0.25, -0.2) is 0 Å². The fraction of sp³-hybridized carbons (Fsp3) is 0.265. The van der Waals surface area contributed by atoms with Crippen LogP contribution in [0.4, 0.5) is 0 Å². The highest BCUT2D eigenvalue weighted by molar-refractivity contribution is 7.99. The third-order valence-corrected chi connectivity index (χ3v) is 6.79. The van der Waals surface area contributed by atoms with Crippen LogP contribution >= 0.6 is 0 Å². The van der Waals surface area contributed by atoms with Crippen LogP contribution in [0, 0.1) is 5.92 Å². The van der Waals surface area contributed by atoms with Gasteiger partial charge in [0.15, 0.2) is 0 Å². The van der Waals surface area contributed by atoms with Crippen LogP contribution in [0.1, 0.15) is 46.1 Å². The van der Waals surface area contributed by atoms with Crippen molar-refractivity contribution in [3.63, 3.8) is 0 Å². The highest BCUT2D eigenvalue weighted by Gasteiger charge is 2.07. The fourth-order valence-corrected chi connectivity index (χ4v) is 4.13. The van der Waals surface area contributed by atoms with Gasteiger partial charge in [-0.05, 0) is 57.7 Å². The molecule has 0 fully saturated rings. The lowest BCUT2D eigenvalue weighted by molar-refractivity contribution is 0.289. The monoisotopic (exact) mass is 561 g/mol. The molecule has 40 heavy (non-hydrogen) atoms. The minimum Gasteiger partial charge on any atom is -0.457 e. The van der Waals surface area contributed by atoms with Gasteiger partial charge in [-0.15, -0.1) is 0 Å². The van der Waals surface area contributed by atoms with Gasteiger partial charge in [0.2, 0.25) is 0 Å². The van der Waals surface area contributed by atoms with E-state index < -0.39 is 9.52 Å². The normalized spacial score (nSPS) is 12.7. The Labute approximate surface area is 243 Å². The van der Waals surface area contributed by atoms with Gasteiger partial charge in [-0.2, -0.15) is 0 Å². The van der Waals surface area contributed by atoms with Crippen molar-refractivity contribution < 1.29 is 8.95 Å². The van der Waals surface area contributed by atoms with E-state index >= 15 is 0 Å². The molecule has 0 amide bonds. The molecule has 0 aliphatic heterocycles. The summed E-state index contributed by atoms with van der Waals surface area (Å²) >= 11 is 0. The van der Waals surface area contributed by atoms with Crippen LogP contribution < -0.4 is 15.9 Å². The first-order valence-electron chi connectivity index (χ1n) is 13.6. The highest BCUT2D eigenvalue weighted by atomic mass is 32.2. The van der Waals surface area contributed by atoms with Crippen molar-refractivity contribution in [1.29, 1.82) is 0 Å². The number of nitrogens with zero attached hydrogens (tertiary/aromatic N) is 1. The molecule has 3 N–H and O–H groups in total. The van der Waals surface area contributed by atoms with E-state index in [1.807, 2.05) is 79.5 Å². The molecule has 0 aliphatic carbocycles. The molecule has 3 aromatic carbocycles. The molecule has 0 heterocycles. The van der Waals surface area contributed by atoms with E-state index in [1.165, 1.54) is 5.56 Å². The Kier molecular flexibility index (Phi) is 15.7. The maximum absolute atomic E-state index is 11.8. The third-order valence-electron chi connectivity index (χ3n) is 5.54. The first-order valence-corrected chi connectivity index (χ1v) is 15.8. The van der Waals surface area contributed by atoms with Crippen molar-refractivity contribution in [2.75, 3.05) is 6.26 Å². The molecule has 0 spiro atoms. The van der Waals surface area contributed by atoms with Crippen LogP contribution in [-0.2, 0) is 16.1 Å². The zero-order chi connectivity index (χ0) is 30.0. The lowest BCUT2D eigenvalue weighted by Gasteiger charge is -2.25. The molecule has 0 aliphatic rings. The summed E-state index contributed by atoms with van der Waals surface area (Å²) < 4.78 is 17.5. The molecule has 2 unspecified atom stereocenters. The van der Waals surface area contributed by atoms with E-state index in [0.29, 0.717) is 16.3 Å². The molecule has 6 heteroatoms. The van der Waals surface area contributed by atoms with Crippen LogP contribution in [0.3, 0.4) is 0 Å². The Morgan fingerprint density at radius 1 is 1.02 bits per heavy atom. The average Bonchev–Trinajstić information content (AvgIpc) is 2.95. The largest absolute Gasteiger partial charge is 0.457 e. The molecule has 2 atom stereocenters. The van der Waals surface area contributed by atoms with Crippen LogP contribution in [0.25, 0.3) is 0 Å². The molecule has 0 saturated heterocycles. The molecule has 216 valence electrons. The van der Waals surface area contributed by atoms with Crippen molar-refractivity contribution in [2.24, 2.45) is 11.7 Å². The number of nitrogens with two attached hydrogens (primary N) is 1. The predicted octanol–water partition coefficient (Wildman–Crippen LogP) is 8.14. The predicted molar refractivity (Wildman–Crippen MR) is 175 cm³/mol. The molecule has 5 nitrogen and oxygen atoms in total. The number of allylic oxidation sites excluding steroid dienone is 2. The lowest BCUT2D eigenvalue weighted by atomic mass is 10.1. The first-order chi connectivity index (χ1) is 19.1. The van der Waals surface area contributed by atoms with E-state index in [4.69, 9.17) is 10.5 Å². The molecular weight excluding hydrogens is 514 g/mol. The van der Waals surface area contributed by atoms with Gasteiger partial charge in [0.05, 0.1) is 6.54 Å². The number of nitrogens with one attached hydrogen (secondary N) is 1. The van der Waals surface area contributed by atoms with E-state index in [-0.39, 0.29) is 5.92 Å². The number of benzene rings is 3. The van der Waals surface area contributed by atoms with Gasteiger partial charge in [-0.3, -0.25) is 9.22 Å². The standard InChI is InChI=1S/C18H27N3.C14H14O2S.C2H6/c1-5-10-18(13-15(3)16(4)19)20-21(6-2)14-17-11-8-7-9-12-17;1-17(2,15)14-10-6-9-13(11-14)16-12-7-4-3-5-8-12;1-2/h6-9,11-13,15,20H,2,4-5,10,14,19H2,1,3H3;3-11H,1H2,2H3;1-2H3/b18-13+;;.